The molecule has 3 aromatic heterocycles. The zero-order chi connectivity index (χ0) is 25.4. The van der Waals surface area contributed by atoms with Crippen LogP contribution in [0.3, 0.4) is 0 Å². The number of thiophene rings is 1. The molecule has 1 aliphatic rings. The van der Waals surface area contributed by atoms with E-state index < -0.39 is 5.97 Å². The number of piperidine rings is 1. The lowest BCUT2D eigenvalue weighted by atomic mass is 10.0. The third-order valence-corrected chi connectivity index (χ3v) is 8.83. The number of carbonyl (C=O) groups is 2. The van der Waals surface area contributed by atoms with Crippen LogP contribution in [-0.2, 0) is 6.54 Å². The average molecular weight is 544 g/mol. The monoisotopic (exact) mass is 543 g/mol. The summed E-state index contributed by atoms with van der Waals surface area (Å²) in [7, 11) is 0. The van der Waals surface area contributed by atoms with E-state index in [0.29, 0.717) is 28.0 Å². The van der Waals surface area contributed by atoms with Gasteiger partial charge in [0.1, 0.15) is 10.7 Å². The molecule has 4 heterocycles. The van der Waals surface area contributed by atoms with Gasteiger partial charge in [-0.15, -0.1) is 21.5 Å². The number of rotatable bonds is 7. The predicted octanol–water partition coefficient (Wildman–Crippen LogP) is 5.22. The first-order valence-electron chi connectivity index (χ1n) is 11.8. The Balaban J connectivity index is 1.43. The fourth-order valence-corrected chi connectivity index (χ4v) is 6.49. The summed E-state index contributed by atoms with van der Waals surface area (Å²) >= 11 is 8.97. The van der Waals surface area contributed by atoms with Gasteiger partial charge in [-0.2, -0.15) is 0 Å². The first-order chi connectivity index (χ1) is 17.3. The largest absolute Gasteiger partial charge is 0.478 e. The Morgan fingerprint density at radius 1 is 1.14 bits per heavy atom. The number of hydrogen-bond donors (Lipinski definition) is 2. The SMILES string of the molecule is CC(C)N1CCC(NC(=O)c2cc3cc(C(=O)O)ccc3n2Cc2nnc(-c3ccc(Cl)s3)s2)CC1. The summed E-state index contributed by atoms with van der Waals surface area (Å²) in [6.45, 7) is 6.63. The zero-order valence-corrected chi connectivity index (χ0v) is 22.3. The Labute approximate surface area is 221 Å². The van der Waals surface area contributed by atoms with Crippen LogP contribution < -0.4 is 5.32 Å². The summed E-state index contributed by atoms with van der Waals surface area (Å²) in [5, 5.41) is 23.5. The molecule has 188 valence electrons. The number of aromatic carboxylic acids is 1. The van der Waals surface area contributed by atoms with Gasteiger partial charge in [-0.1, -0.05) is 22.9 Å². The number of aromatic nitrogens is 3. The maximum atomic E-state index is 13.4. The van der Waals surface area contributed by atoms with Gasteiger partial charge in [-0.3, -0.25) is 4.79 Å². The molecule has 0 saturated carbocycles. The van der Waals surface area contributed by atoms with Crippen molar-refractivity contribution in [3.8, 4) is 9.88 Å². The third-order valence-electron chi connectivity index (χ3n) is 6.52. The second-order valence-electron chi connectivity index (χ2n) is 9.18. The Bertz CT molecular complexity index is 1420. The van der Waals surface area contributed by atoms with E-state index >= 15 is 0 Å². The molecule has 4 aromatic rings. The summed E-state index contributed by atoms with van der Waals surface area (Å²) in [4.78, 5) is 28.3. The summed E-state index contributed by atoms with van der Waals surface area (Å²) in [6, 6.07) is 11.0. The van der Waals surface area contributed by atoms with Gasteiger partial charge in [0.2, 0.25) is 0 Å². The van der Waals surface area contributed by atoms with E-state index in [2.05, 4.69) is 34.3 Å². The molecule has 2 N–H and O–H groups in total. The third kappa shape index (κ3) is 5.17. The van der Waals surface area contributed by atoms with E-state index in [0.717, 1.165) is 46.3 Å². The van der Waals surface area contributed by atoms with Crippen molar-refractivity contribution in [2.75, 3.05) is 13.1 Å². The van der Waals surface area contributed by atoms with Crippen LogP contribution in [0.25, 0.3) is 20.8 Å². The van der Waals surface area contributed by atoms with Crippen molar-refractivity contribution in [1.82, 2.24) is 25.0 Å². The molecule has 1 saturated heterocycles. The predicted molar refractivity (Wildman–Crippen MR) is 143 cm³/mol. The minimum absolute atomic E-state index is 0.102. The van der Waals surface area contributed by atoms with Gasteiger partial charge in [0, 0.05) is 36.1 Å². The second-order valence-corrected chi connectivity index (χ2v) is 12.0. The normalized spacial score (nSPS) is 15.1. The Hall–Kier alpha value is -2.79. The van der Waals surface area contributed by atoms with Crippen molar-refractivity contribution in [2.24, 2.45) is 0 Å². The summed E-state index contributed by atoms with van der Waals surface area (Å²) < 4.78 is 2.58. The van der Waals surface area contributed by atoms with E-state index in [4.69, 9.17) is 11.6 Å². The Morgan fingerprint density at radius 2 is 1.92 bits per heavy atom. The van der Waals surface area contributed by atoms with Crippen LogP contribution in [0.5, 0.6) is 0 Å². The molecule has 0 spiro atoms. The molecule has 11 heteroatoms. The molecule has 8 nitrogen and oxygen atoms in total. The molecular formula is C25H26ClN5O3S2. The van der Waals surface area contributed by atoms with Crippen molar-refractivity contribution < 1.29 is 14.7 Å². The lowest BCUT2D eigenvalue weighted by Crippen LogP contribution is -2.46. The van der Waals surface area contributed by atoms with Gasteiger partial charge in [-0.05, 0) is 63.1 Å². The van der Waals surface area contributed by atoms with E-state index in [9.17, 15) is 14.7 Å². The molecule has 1 aliphatic heterocycles. The molecule has 0 unspecified atom stereocenters. The van der Waals surface area contributed by atoms with Crippen molar-refractivity contribution in [2.45, 2.75) is 45.3 Å². The van der Waals surface area contributed by atoms with Crippen LogP contribution in [-0.4, -0.2) is 61.8 Å². The first kappa shape index (κ1) is 24.9. The fourth-order valence-electron chi connectivity index (χ4n) is 4.56. The van der Waals surface area contributed by atoms with Gasteiger partial charge < -0.3 is 19.9 Å². The maximum absolute atomic E-state index is 13.4. The summed E-state index contributed by atoms with van der Waals surface area (Å²) in [5.74, 6) is -1.17. The minimum Gasteiger partial charge on any atom is -0.478 e. The number of nitrogens with zero attached hydrogens (tertiary/aromatic N) is 4. The molecule has 5 rings (SSSR count). The Kier molecular flexibility index (Phi) is 7.11. The molecule has 0 bridgehead atoms. The maximum Gasteiger partial charge on any atom is 0.335 e. The molecular weight excluding hydrogens is 518 g/mol. The van der Waals surface area contributed by atoms with E-state index in [-0.39, 0.29) is 17.5 Å². The topological polar surface area (TPSA) is 100 Å². The van der Waals surface area contributed by atoms with Crippen LogP contribution in [0.15, 0.2) is 36.4 Å². The molecule has 0 aliphatic carbocycles. The fraction of sp³-hybridized carbons (Fsp3) is 0.360. The second kappa shape index (κ2) is 10.3. The van der Waals surface area contributed by atoms with Gasteiger partial charge in [0.15, 0.2) is 5.01 Å². The lowest BCUT2D eigenvalue weighted by Gasteiger charge is -2.34. The molecule has 0 atom stereocenters. The lowest BCUT2D eigenvalue weighted by molar-refractivity contribution is 0.0696. The van der Waals surface area contributed by atoms with Crippen LogP contribution in [0.4, 0.5) is 0 Å². The molecule has 1 aromatic carbocycles. The standard InChI is InChI=1S/C25H26ClN5O3S2/c1-14(2)30-9-7-17(8-10-30)27-23(32)19-12-16-11-15(25(33)34)3-4-18(16)31(19)13-22-28-29-24(36-22)20-5-6-21(26)35-20/h3-6,11-12,14,17H,7-10,13H2,1-2H3,(H,27,32)(H,33,34). The van der Waals surface area contributed by atoms with Crippen molar-refractivity contribution in [1.29, 1.82) is 0 Å². The van der Waals surface area contributed by atoms with Crippen molar-refractivity contribution in [3.05, 3.63) is 57.0 Å². The van der Waals surface area contributed by atoms with E-state index in [1.54, 1.807) is 24.3 Å². The Morgan fingerprint density at radius 3 is 2.58 bits per heavy atom. The first-order valence-corrected chi connectivity index (χ1v) is 13.8. The van der Waals surface area contributed by atoms with Crippen LogP contribution in [0.2, 0.25) is 4.34 Å². The summed E-state index contributed by atoms with van der Waals surface area (Å²) in [5.41, 5.74) is 1.44. The molecule has 36 heavy (non-hydrogen) atoms. The number of benzene rings is 1. The van der Waals surface area contributed by atoms with Gasteiger partial charge in [0.25, 0.3) is 5.91 Å². The number of carboxylic acids is 1. The number of likely N-dealkylation sites (tertiary alicyclic amines) is 1. The highest BCUT2D eigenvalue weighted by molar-refractivity contribution is 7.23. The quantitative estimate of drug-likeness (QED) is 0.331. The number of nitrogens with one attached hydrogen (secondary N) is 1. The number of carboxylic acid groups (broad SMARTS) is 1. The number of hydrogen-bond acceptors (Lipinski definition) is 7. The smallest absolute Gasteiger partial charge is 0.335 e. The van der Waals surface area contributed by atoms with Crippen LogP contribution in [0.1, 0.15) is 52.5 Å². The van der Waals surface area contributed by atoms with E-state index in [1.807, 2.05) is 16.7 Å². The van der Waals surface area contributed by atoms with E-state index in [1.165, 1.54) is 22.7 Å². The van der Waals surface area contributed by atoms with Gasteiger partial charge in [0.05, 0.1) is 21.3 Å². The summed E-state index contributed by atoms with van der Waals surface area (Å²) in [6.07, 6.45) is 1.80. The highest BCUT2D eigenvalue weighted by Crippen LogP contribution is 2.33. The highest BCUT2D eigenvalue weighted by Gasteiger charge is 2.25. The van der Waals surface area contributed by atoms with Gasteiger partial charge in [-0.25, -0.2) is 4.79 Å². The molecule has 1 fully saturated rings. The number of amides is 1. The van der Waals surface area contributed by atoms with Crippen molar-refractivity contribution in [3.63, 3.8) is 0 Å². The zero-order valence-electron chi connectivity index (χ0n) is 19.9. The van der Waals surface area contributed by atoms with Crippen LogP contribution in [0, 0.1) is 0 Å². The number of carbonyl (C=O) groups excluding carboxylic acids is 1. The average Bonchev–Trinajstić information content (AvgIpc) is 3.58. The molecule has 1 amide bonds. The highest BCUT2D eigenvalue weighted by atomic mass is 35.5. The van der Waals surface area contributed by atoms with Crippen LogP contribution >= 0.6 is 34.3 Å². The number of fused-ring (bicyclic) bond motifs is 1. The molecule has 0 radical (unpaired) electrons. The van der Waals surface area contributed by atoms with Crippen molar-refractivity contribution >= 4 is 57.1 Å². The minimum atomic E-state index is -1.00. The number of halogens is 1. The van der Waals surface area contributed by atoms with Gasteiger partial charge >= 0.3 is 5.97 Å².